The highest BCUT2D eigenvalue weighted by molar-refractivity contribution is 5.99. The molecule has 0 spiro atoms. The molecule has 5 heteroatoms. The molecule has 4 rings (SSSR count). The maximum absolute atomic E-state index is 10.00. The van der Waals surface area contributed by atoms with Gasteiger partial charge in [-0.05, 0) is 57.1 Å². The number of anilines is 1. The molecule has 1 fully saturated rings. The van der Waals surface area contributed by atoms with Gasteiger partial charge in [-0.15, -0.1) is 0 Å². The van der Waals surface area contributed by atoms with Crippen molar-refractivity contribution in [3.05, 3.63) is 41.1 Å². The number of rotatable bonds is 8. The van der Waals surface area contributed by atoms with Crippen LogP contribution in [0.25, 0.3) is 16.7 Å². The third-order valence-corrected chi connectivity index (χ3v) is 6.39. The fraction of sp³-hybridized carbons (Fsp3) is 0.520. The molecule has 0 radical (unpaired) electrons. The summed E-state index contributed by atoms with van der Waals surface area (Å²) in [7, 11) is 4.30. The van der Waals surface area contributed by atoms with Crippen LogP contribution in [0.5, 0.6) is 0 Å². The molecular formula is C25H33N5. The number of imidazole rings is 1. The van der Waals surface area contributed by atoms with Crippen LogP contribution in [0, 0.1) is 24.2 Å². The van der Waals surface area contributed by atoms with Gasteiger partial charge >= 0.3 is 0 Å². The number of benzene rings is 1. The molecule has 0 amide bonds. The summed E-state index contributed by atoms with van der Waals surface area (Å²) in [5.74, 6) is 0.693. The van der Waals surface area contributed by atoms with Gasteiger partial charge in [-0.3, -0.25) is 4.40 Å². The smallest absolute Gasteiger partial charge is 0.138 e. The molecule has 0 aliphatic carbocycles. The van der Waals surface area contributed by atoms with E-state index in [-0.39, 0.29) is 0 Å². The number of fused-ring (bicyclic) bond motifs is 3. The number of hydrogen-bond acceptors (Lipinski definition) is 4. The summed E-state index contributed by atoms with van der Waals surface area (Å²) in [6, 6.07) is 8.58. The van der Waals surface area contributed by atoms with Crippen LogP contribution in [-0.2, 0) is 6.42 Å². The Morgan fingerprint density at radius 2 is 2.00 bits per heavy atom. The summed E-state index contributed by atoms with van der Waals surface area (Å²) in [6.07, 6.45) is 8.03. The summed E-state index contributed by atoms with van der Waals surface area (Å²) in [5.41, 5.74) is 7.41. The minimum absolute atomic E-state index is 0.693. The summed E-state index contributed by atoms with van der Waals surface area (Å²) in [5, 5.41) is 10.00. The highest BCUT2D eigenvalue weighted by atomic mass is 15.2. The minimum Gasteiger partial charge on any atom is -0.369 e. The van der Waals surface area contributed by atoms with Crippen molar-refractivity contribution >= 4 is 22.4 Å². The van der Waals surface area contributed by atoms with E-state index in [1.807, 2.05) is 12.1 Å². The Labute approximate surface area is 179 Å². The Bertz CT molecular complexity index is 1080. The van der Waals surface area contributed by atoms with Gasteiger partial charge in [0.25, 0.3) is 0 Å². The van der Waals surface area contributed by atoms with Gasteiger partial charge in [-0.1, -0.05) is 32.3 Å². The van der Waals surface area contributed by atoms with E-state index < -0.39 is 0 Å². The quantitative estimate of drug-likeness (QED) is 0.508. The lowest BCUT2D eigenvalue weighted by Gasteiger charge is -2.43. The van der Waals surface area contributed by atoms with E-state index in [1.54, 1.807) is 0 Å². The zero-order valence-corrected chi connectivity index (χ0v) is 18.8. The maximum atomic E-state index is 10.00. The first-order valence-electron chi connectivity index (χ1n) is 11.3. The van der Waals surface area contributed by atoms with E-state index in [0.717, 1.165) is 53.9 Å². The first-order valence-corrected chi connectivity index (χ1v) is 11.3. The number of aromatic nitrogens is 2. The molecule has 3 aromatic rings. The molecule has 158 valence electrons. The van der Waals surface area contributed by atoms with Gasteiger partial charge in [-0.25, -0.2) is 4.98 Å². The van der Waals surface area contributed by atoms with Gasteiger partial charge in [0.15, 0.2) is 0 Å². The topological polar surface area (TPSA) is 47.6 Å². The van der Waals surface area contributed by atoms with Crippen molar-refractivity contribution in [3.63, 3.8) is 0 Å². The van der Waals surface area contributed by atoms with Crippen LogP contribution >= 0.6 is 0 Å². The summed E-state index contributed by atoms with van der Waals surface area (Å²) in [4.78, 5) is 9.68. The van der Waals surface area contributed by atoms with Gasteiger partial charge in [0, 0.05) is 31.7 Å². The average Bonchev–Trinajstić information content (AvgIpc) is 3.07. The zero-order chi connectivity index (χ0) is 21.3. The second kappa shape index (κ2) is 8.65. The van der Waals surface area contributed by atoms with Gasteiger partial charge in [-0.2, -0.15) is 5.26 Å². The molecule has 0 atom stereocenters. The Hall–Kier alpha value is -2.58. The molecule has 3 heterocycles. The van der Waals surface area contributed by atoms with E-state index in [1.165, 1.54) is 36.9 Å². The van der Waals surface area contributed by atoms with Crippen molar-refractivity contribution in [2.45, 2.75) is 46.0 Å². The maximum Gasteiger partial charge on any atom is 0.138 e. The van der Waals surface area contributed by atoms with Gasteiger partial charge in [0.2, 0.25) is 0 Å². The predicted octanol–water partition coefficient (Wildman–Crippen LogP) is 4.79. The van der Waals surface area contributed by atoms with Crippen LogP contribution in [0.15, 0.2) is 24.4 Å². The highest BCUT2D eigenvalue weighted by Gasteiger charge is 2.32. The number of hydrogen-bond donors (Lipinski definition) is 0. The van der Waals surface area contributed by atoms with Crippen molar-refractivity contribution in [1.29, 1.82) is 5.26 Å². The first-order chi connectivity index (χ1) is 14.5. The normalized spacial score (nSPS) is 14.6. The van der Waals surface area contributed by atoms with Crippen LogP contribution in [0.1, 0.15) is 49.3 Å². The lowest BCUT2D eigenvalue weighted by atomic mass is 9.90. The fourth-order valence-electron chi connectivity index (χ4n) is 4.94. The third-order valence-electron chi connectivity index (χ3n) is 6.39. The summed E-state index contributed by atoms with van der Waals surface area (Å²) >= 11 is 0. The number of nitriles is 1. The van der Waals surface area contributed by atoms with Gasteiger partial charge in [0.05, 0.1) is 16.8 Å². The summed E-state index contributed by atoms with van der Waals surface area (Å²) < 4.78 is 2.18. The lowest BCUT2D eigenvalue weighted by molar-refractivity contribution is 0.283. The van der Waals surface area contributed by atoms with Crippen LogP contribution in [0.3, 0.4) is 0 Å². The molecule has 0 saturated carbocycles. The van der Waals surface area contributed by atoms with Crippen molar-refractivity contribution in [2.75, 3.05) is 38.6 Å². The van der Waals surface area contributed by atoms with Crippen molar-refractivity contribution in [2.24, 2.45) is 5.92 Å². The SMILES string of the molecule is CCCCCCc1c(C)c(C#N)c2nc3ccccn3c2c1N1CC(CN(C)C)C1. The molecule has 5 nitrogen and oxygen atoms in total. The Kier molecular flexibility index (Phi) is 5.97. The molecule has 30 heavy (non-hydrogen) atoms. The van der Waals surface area contributed by atoms with E-state index in [2.05, 4.69) is 60.5 Å². The number of nitrogens with zero attached hydrogens (tertiary/aromatic N) is 5. The first kappa shape index (κ1) is 20.7. The van der Waals surface area contributed by atoms with Crippen LogP contribution in [0.4, 0.5) is 5.69 Å². The molecular weight excluding hydrogens is 370 g/mol. The largest absolute Gasteiger partial charge is 0.369 e. The fourth-order valence-corrected chi connectivity index (χ4v) is 4.94. The van der Waals surface area contributed by atoms with Crippen molar-refractivity contribution in [1.82, 2.24) is 14.3 Å². The molecule has 0 N–H and O–H groups in total. The van der Waals surface area contributed by atoms with E-state index in [4.69, 9.17) is 4.98 Å². The van der Waals surface area contributed by atoms with E-state index in [9.17, 15) is 5.26 Å². The van der Waals surface area contributed by atoms with Gasteiger partial charge in [0.1, 0.15) is 17.2 Å². The van der Waals surface area contributed by atoms with Crippen molar-refractivity contribution in [3.8, 4) is 6.07 Å². The Balaban J connectivity index is 1.85. The third kappa shape index (κ3) is 3.65. The van der Waals surface area contributed by atoms with Crippen LogP contribution < -0.4 is 4.90 Å². The second-order valence-electron chi connectivity index (χ2n) is 9.02. The second-order valence-corrected chi connectivity index (χ2v) is 9.02. The zero-order valence-electron chi connectivity index (χ0n) is 18.8. The molecule has 0 unspecified atom stereocenters. The number of unbranched alkanes of at least 4 members (excludes halogenated alkanes) is 3. The van der Waals surface area contributed by atoms with E-state index in [0.29, 0.717) is 5.92 Å². The summed E-state index contributed by atoms with van der Waals surface area (Å²) in [6.45, 7) is 7.63. The average molecular weight is 404 g/mol. The van der Waals surface area contributed by atoms with Crippen molar-refractivity contribution < 1.29 is 0 Å². The van der Waals surface area contributed by atoms with Crippen LogP contribution in [-0.4, -0.2) is 48.0 Å². The molecule has 1 aliphatic rings. The predicted molar refractivity (Wildman–Crippen MR) is 124 cm³/mol. The monoisotopic (exact) mass is 403 g/mol. The molecule has 0 bridgehead atoms. The molecule has 2 aromatic heterocycles. The van der Waals surface area contributed by atoms with E-state index >= 15 is 0 Å². The Morgan fingerprint density at radius 1 is 1.20 bits per heavy atom. The standard InChI is InChI=1S/C25H33N5/c1-5-6-7-8-11-20-18(2)21(14-26)23-25(30-13-10-9-12-22(30)27-23)24(20)29-16-19(17-29)15-28(3)4/h9-10,12-13,19H,5-8,11,15-17H2,1-4H3. The molecule has 1 aliphatic heterocycles. The molecule has 1 aromatic carbocycles. The Morgan fingerprint density at radius 3 is 2.70 bits per heavy atom. The lowest BCUT2D eigenvalue weighted by Crippen LogP contribution is -2.51. The highest BCUT2D eigenvalue weighted by Crippen LogP contribution is 2.40. The number of pyridine rings is 1. The minimum atomic E-state index is 0.693. The molecule has 1 saturated heterocycles. The van der Waals surface area contributed by atoms with Crippen LogP contribution in [0.2, 0.25) is 0 Å². The van der Waals surface area contributed by atoms with Gasteiger partial charge < -0.3 is 9.80 Å².